The summed E-state index contributed by atoms with van der Waals surface area (Å²) in [4.78, 5) is 13.5. The van der Waals surface area contributed by atoms with Crippen LogP contribution >= 0.6 is 0 Å². The van der Waals surface area contributed by atoms with E-state index in [1.165, 1.54) is 25.7 Å². The second-order valence-electron chi connectivity index (χ2n) is 7.12. The normalized spacial score (nSPS) is 17.8. The van der Waals surface area contributed by atoms with Gasteiger partial charge in [-0.1, -0.05) is 44.7 Å². The molecule has 1 heterocycles. The molecule has 0 aliphatic carbocycles. The predicted molar refractivity (Wildman–Crippen MR) is 103 cm³/mol. The Morgan fingerprint density at radius 3 is 2.81 bits per heavy atom. The number of hydrogen-bond donors (Lipinski definition) is 1. The van der Waals surface area contributed by atoms with Crippen molar-refractivity contribution in [2.24, 2.45) is 5.92 Å². The molecule has 1 saturated heterocycles. The lowest BCUT2D eigenvalue weighted by molar-refractivity contribution is -0.143. The zero-order valence-electron chi connectivity index (χ0n) is 16.2. The molecule has 0 radical (unpaired) electrons. The van der Waals surface area contributed by atoms with Crippen LogP contribution < -0.4 is 9.47 Å². The molecule has 1 N–H and O–H groups in total. The molecule has 1 atom stereocenters. The van der Waals surface area contributed by atoms with Crippen molar-refractivity contribution in [2.45, 2.75) is 58.4 Å². The van der Waals surface area contributed by atoms with E-state index in [2.05, 4.69) is 17.9 Å². The summed E-state index contributed by atoms with van der Waals surface area (Å²) < 4.78 is 11.6. The van der Waals surface area contributed by atoms with E-state index in [0.717, 1.165) is 42.9 Å². The van der Waals surface area contributed by atoms with Gasteiger partial charge in [-0.2, -0.15) is 0 Å². The van der Waals surface area contributed by atoms with E-state index in [1.54, 1.807) is 7.11 Å². The fourth-order valence-corrected chi connectivity index (χ4v) is 3.53. The minimum atomic E-state index is -0.691. The molecule has 0 spiro atoms. The van der Waals surface area contributed by atoms with Crippen molar-refractivity contribution in [3.05, 3.63) is 23.8 Å². The smallest absolute Gasteiger partial charge is 0.307 e. The second kappa shape index (κ2) is 11.1. The summed E-state index contributed by atoms with van der Waals surface area (Å²) in [6, 6.07) is 5.95. The molecule has 1 unspecified atom stereocenters. The maximum absolute atomic E-state index is 11.3. The van der Waals surface area contributed by atoms with Crippen molar-refractivity contribution in [1.82, 2.24) is 4.90 Å². The first-order valence-electron chi connectivity index (χ1n) is 9.89. The fourth-order valence-electron chi connectivity index (χ4n) is 3.53. The van der Waals surface area contributed by atoms with Gasteiger partial charge in [-0.05, 0) is 31.9 Å². The van der Waals surface area contributed by atoms with E-state index in [-0.39, 0.29) is 5.92 Å². The van der Waals surface area contributed by atoms with Gasteiger partial charge in [0.15, 0.2) is 11.5 Å². The molecule has 0 amide bonds. The van der Waals surface area contributed by atoms with Crippen LogP contribution in [0.25, 0.3) is 0 Å². The molecule has 1 aromatic carbocycles. The van der Waals surface area contributed by atoms with Gasteiger partial charge in [0.25, 0.3) is 0 Å². The molecule has 5 nitrogen and oxygen atoms in total. The summed E-state index contributed by atoms with van der Waals surface area (Å²) in [6.45, 7) is 5.13. The van der Waals surface area contributed by atoms with Crippen LogP contribution in [0.4, 0.5) is 0 Å². The first-order valence-corrected chi connectivity index (χ1v) is 9.89. The lowest BCUT2D eigenvalue weighted by Crippen LogP contribution is -2.38. The number of benzene rings is 1. The Morgan fingerprint density at radius 1 is 1.27 bits per heavy atom. The summed E-state index contributed by atoms with van der Waals surface area (Å²) in [7, 11) is 1.66. The highest BCUT2D eigenvalue weighted by Crippen LogP contribution is 2.33. The highest BCUT2D eigenvalue weighted by Gasteiger charge is 2.26. The summed E-state index contributed by atoms with van der Waals surface area (Å²) in [5.74, 6) is 0.604. The molecule has 0 aromatic heterocycles. The van der Waals surface area contributed by atoms with Gasteiger partial charge >= 0.3 is 5.97 Å². The third kappa shape index (κ3) is 6.20. The van der Waals surface area contributed by atoms with Crippen LogP contribution in [0.15, 0.2) is 18.2 Å². The maximum Gasteiger partial charge on any atom is 0.307 e. The number of unbranched alkanes of at least 4 members (excludes halogenated alkanes) is 4. The van der Waals surface area contributed by atoms with Crippen molar-refractivity contribution in [3.8, 4) is 11.5 Å². The summed E-state index contributed by atoms with van der Waals surface area (Å²) in [5.41, 5.74) is 1.07. The molecule has 1 aliphatic heterocycles. The zero-order valence-corrected chi connectivity index (χ0v) is 16.2. The minimum absolute atomic E-state index is 0.266. The van der Waals surface area contributed by atoms with Crippen molar-refractivity contribution in [1.29, 1.82) is 0 Å². The number of para-hydroxylation sites is 1. The number of carbonyl (C=O) groups is 1. The van der Waals surface area contributed by atoms with Gasteiger partial charge in [0.1, 0.15) is 0 Å². The van der Waals surface area contributed by atoms with Gasteiger partial charge < -0.3 is 14.6 Å². The highest BCUT2D eigenvalue weighted by atomic mass is 16.5. The minimum Gasteiger partial charge on any atom is -0.493 e. The van der Waals surface area contributed by atoms with Crippen LogP contribution in [-0.2, 0) is 11.3 Å². The third-order valence-electron chi connectivity index (χ3n) is 5.02. The molecule has 26 heavy (non-hydrogen) atoms. The number of hydrogen-bond acceptors (Lipinski definition) is 4. The summed E-state index contributed by atoms with van der Waals surface area (Å²) in [5, 5.41) is 9.29. The number of aliphatic carboxylic acids is 1. The fraction of sp³-hybridized carbons (Fsp3) is 0.667. The van der Waals surface area contributed by atoms with Crippen molar-refractivity contribution >= 4 is 5.97 Å². The Kier molecular flexibility index (Phi) is 8.75. The standard InChI is InChI=1S/C21H33NO4/c1-3-4-5-6-7-14-26-20-17(10-8-12-19(20)25-2)15-22-13-9-11-18(16-22)21(23)24/h8,10,12,18H,3-7,9,11,13-16H2,1-2H3,(H,23,24). The zero-order chi connectivity index (χ0) is 18.8. The van der Waals surface area contributed by atoms with Gasteiger partial charge in [-0.15, -0.1) is 0 Å². The van der Waals surface area contributed by atoms with Crippen LogP contribution in [0.1, 0.15) is 57.4 Å². The number of rotatable bonds is 11. The Bertz CT molecular complexity index is 561. The molecule has 1 aromatic rings. The van der Waals surface area contributed by atoms with Crippen LogP contribution in [0, 0.1) is 5.92 Å². The number of methoxy groups -OCH3 is 1. The summed E-state index contributed by atoms with van der Waals surface area (Å²) in [6.07, 6.45) is 7.69. The first kappa shape index (κ1) is 20.6. The van der Waals surface area contributed by atoms with Crippen molar-refractivity contribution in [2.75, 3.05) is 26.8 Å². The molecule has 1 aliphatic rings. The number of piperidine rings is 1. The van der Waals surface area contributed by atoms with Crippen LogP contribution in [0.5, 0.6) is 11.5 Å². The molecule has 0 saturated carbocycles. The number of carboxylic acid groups (broad SMARTS) is 1. The quantitative estimate of drug-likeness (QED) is 0.593. The SMILES string of the molecule is CCCCCCCOc1c(CN2CCCC(C(=O)O)C2)cccc1OC. The van der Waals surface area contributed by atoms with Crippen molar-refractivity contribution < 1.29 is 19.4 Å². The van der Waals surface area contributed by atoms with Gasteiger partial charge in [0.05, 0.1) is 19.6 Å². The van der Waals surface area contributed by atoms with E-state index in [0.29, 0.717) is 19.7 Å². The van der Waals surface area contributed by atoms with Gasteiger partial charge in [0, 0.05) is 18.7 Å². The molecule has 0 bridgehead atoms. The first-order chi connectivity index (χ1) is 12.7. The topological polar surface area (TPSA) is 59.0 Å². The van der Waals surface area contributed by atoms with E-state index < -0.39 is 5.97 Å². The lowest BCUT2D eigenvalue weighted by Gasteiger charge is -2.31. The average molecular weight is 363 g/mol. The maximum atomic E-state index is 11.3. The number of nitrogens with zero attached hydrogens (tertiary/aromatic N) is 1. The average Bonchev–Trinajstić information content (AvgIpc) is 2.65. The number of ether oxygens (including phenoxy) is 2. The van der Waals surface area contributed by atoms with E-state index in [4.69, 9.17) is 9.47 Å². The molecule has 146 valence electrons. The van der Waals surface area contributed by atoms with Gasteiger partial charge in [0.2, 0.25) is 0 Å². The van der Waals surface area contributed by atoms with Crippen LogP contribution in [-0.4, -0.2) is 42.8 Å². The Labute approximate surface area is 157 Å². The Morgan fingerprint density at radius 2 is 2.08 bits per heavy atom. The number of likely N-dealkylation sites (tertiary alicyclic amines) is 1. The molecule has 5 heteroatoms. The summed E-state index contributed by atoms with van der Waals surface area (Å²) >= 11 is 0. The molecule has 2 rings (SSSR count). The number of carboxylic acids is 1. The van der Waals surface area contributed by atoms with Crippen LogP contribution in [0.3, 0.4) is 0 Å². The lowest BCUT2D eigenvalue weighted by atomic mass is 9.98. The molecular weight excluding hydrogens is 330 g/mol. The largest absolute Gasteiger partial charge is 0.493 e. The van der Waals surface area contributed by atoms with E-state index in [9.17, 15) is 9.90 Å². The van der Waals surface area contributed by atoms with Crippen molar-refractivity contribution in [3.63, 3.8) is 0 Å². The van der Waals surface area contributed by atoms with Crippen LogP contribution in [0.2, 0.25) is 0 Å². The molecule has 1 fully saturated rings. The Balaban J connectivity index is 1.97. The Hall–Kier alpha value is -1.75. The monoisotopic (exact) mass is 363 g/mol. The third-order valence-corrected chi connectivity index (χ3v) is 5.02. The van der Waals surface area contributed by atoms with E-state index in [1.807, 2.05) is 12.1 Å². The van der Waals surface area contributed by atoms with Gasteiger partial charge in [-0.3, -0.25) is 9.69 Å². The second-order valence-corrected chi connectivity index (χ2v) is 7.12. The highest BCUT2D eigenvalue weighted by molar-refractivity contribution is 5.70. The predicted octanol–water partition coefficient (Wildman–Crippen LogP) is 4.34. The molecular formula is C21H33NO4. The van der Waals surface area contributed by atoms with E-state index >= 15 is 0 Å². The van der Waals surface area contributed by atoms with Gasteiger partial charge in [-0.25, -0.2) is 0 Å².